The zero-order valence-electron chi connectivity index (χ0n) is 22.1. The van der Waals surface area contributed by atoms with E-state index in [0.717, 1.165) is 10.1 Å². The minimum Gasteiger partial charge on any atom is -0.459 e. The van der Waals surface area contributed by atoms with Crippen LogP contribution in [0.15, 0.2) is 47.4 Å². The lowest BCUT2D eigenvalue weighted by atomic mass is 10.1. The summed E-state index contributed by atoms with van der Waals surface area (Å²) in [5.74, 6) is -1.45. The number of benzene rings is 1. The molecule has 0 radical (unpaired) electrons. The quantitative estimate of drug-likeness (QED) is 0.429. The fourth-order valence-electron chi connectivity index (χ4n) is 4.41. The van der Waals surface area contributed by atoms with Crippen LogP contribution in [0.4, 0.5) is 18.9 Å². The standard InChI is InChI=1S/C27H29ClF3N5O4/c1-26(2,3)40-22(37)15-36-23-18(20(8-9-33-23)35-11-10-32-21(14-35)27(29,30)31)12-19(25(36)39)24(38)34-13-16-4-6-17(28)7-5-16/h4-9,12,21,32H,10-11,13-15H2,1-3H3,(H,34,38). The number of carbonyl (C=O) groups excluding carboxylic acids is 2. The molecule has 2 aromatic heterocycles. The Kier molecular flexibility index (Phi) is 8.41. The second kappa shape index (κ2) is 11.5. The van der Waals surface area contributed by atoms with Crippen molar-refractivity contribution >= 4 is 40.2 Å². The first-order valence-corrected chi connectivity index (χ1v) is 12.9. The second-order valence-corrected chi connectivity index (χ2v) is 10.8. The van der Waals surface area contributed by atoms with Crippen LogP contribution in [0.5, 0.6) is 0 Å². The van der Waals surface area contributed by atoms with Gasteiger partial charge in [0, 0.05) is 48.5 Å². The van der Waals surface area contributed by atoms with E-state index in [1.807, 2.05) is 0 Å². The summed E-state index contributed by atoms with van der Waals surface area (Å²) in [5, 5.41) is 5.93. The number of fused-ring (bicyclic) bond motifs is 1. The highest BCUT2D eigenvalue weighted by Gasteiger charge is 2.42. The van der Waals surface area contributed by atoms with Gasteiger partial charge in [0.1, 0.15) is 29.4 Å². The predicted octanol–water partition coefficient (Wildman–Crippen LogP) is 3.66. The van der Waals surface area contributed by atoms with E-state index in [1.54, 1.807) is 45.0 Å². The lowest BCUT2D eigenvalue weighted by molar-refractivity contribution is -0.156. The summed E-state index contributed by atoms with van der Waals surface area (Å²) in [4.78, 5) is 45.3. The zero-order chi connectivity index (χ0) is 29.2. The van der Waals surface area contributed by atoms with Crippen LogP contribution in [0, 0.1) is 0 Å². The number of pyridine rings is 2. The van der Waals surface area contributed by atoms with Crippen molar-refractivity contribution < 1.29 is 27.5 Å². The molecule has 0 saturated carbocycles. The lowest BCUT2D eigenvalue weighted by Crippen LogP contribution is -2.57. The van der Waals surface area contributed by atoms with Crippen molar-refractivity contribution in [2.45, 2.75) is 51.7 Å². The number of anilines is 1. The summed E-state index contributed by atoms with van der Waals surface area (Å²) in [6, 6.07) is 7.82. The molecule has 1 aliphatic heterocycles. The third-order valence-corrected chi connectivity index (χ3v) is 6.45. The maximum atomic E-state index is 13.5. The Morgan fingerprint density at radius 1 is 1.18 bits per heavy atom. The summed E-state index contributed by atoms with van der Waals surface area (Å²) in [6.45, 7) is 4.48. The summed E-state index contributed by atoms with van der Waals surface area (Å²) < 4.78 is 46.9. The molecule has 1 aromatic carbocycles. The zero-order valence-corrected chi connectivity index (χ0v) is 22.9. The molecule has 0 aliphatic carbocycles. The van der Waals surface area contributed by atoms with Gasteiger partial charge in [-0.25, -0.2) is 4.98 Å². The monoisotopic (exact) mass is 579 g/mol. The van der Waals surface area contributed by atoms with Crippen LogP contribution in [-0.2, 0) is 22.6 Å². The molecule has 1 saturated heterocycles. The molecule has 4 rings (SSSR count). The number of halogens is 4. The normalized spacial score (nSPS) is 16.2. The Bertz CT molecular complexity index is 1470. The number of esters is 1. The van der Waals surface area contributed by atoms with Crippen LogP contribution in [0.1, 0.15) is 36.7 Å². The first-order chi connectivity index (χ1) is 18.7. The summed E-state index contributed by atoms with van der Waals surface area (Å²) in [5.41, 5.74) is -0.785. The van der Waals surface area contributed by atoms with E-state index in [1.165, 1.54) is 23.2 Å². The maximum absolute atomic E-state index is 13.5. The average Bonchev–Trinajstić information content (AvgIpc) is 2.88. The number of nitrogens with one attached hydrogen (secondary N) is 2. The van der Waals surface area contributed by atoms with Crippen LogP contribution in [0.2, 0.25) is 5.02 Å². The van der Waals surface area contributed by atoms with Crippen LogP contribution in [0.3, 0.4) is 0 Å². The topological polar surface area (TPSA) is 106 Å². The van der Waals surface area contributed by atoms with Crippen molar-refractivity contribution in [3.63, 3.8) is 0 Å². The molecule has 3 heterocycles. The summed E-state index contributed by atoms with van der Waals surface area (Å²) >= 11 is 5.91. The smallest absolute Gasteiger partial charge is 0.405 e. The van der Waals surface area contributed by atoms with E-state index in [4.69, 9.17) is 16.3 Å². The molecule has 2 N–H and O–H groups in total. The number of alkyl halides is 3. The van der Waals surface area contributed by atoms with Gasteiger partial charge in [-0.05, 0) is 50.6 Å². The Labute approximate surface area is 233 Å². The fraction of sp³-hybridized carbons (Fsp3) is 0.407. The number of amides is 1. The minimum atomic E-state index is -4.47. The van der Waals surface area contributed by atoms with Crippen molar-refractivity contribution in [2.24, 2.45) is 0 Å². The van der Waals surface area contributed by atoms with Gasteiger partial charge >= 0.3 is 12.1 Å². The Morgan fingerprint density at radius 3 is 2.52 bits per heavy atom. The number of nitrogens with zero attached hydrogens (tertiary/aromatic N) is 3. The third kappa shape index (κ3) is 6.92. The van der Waals surface area contributed by atoms with Gasteiger partial charge in [-0.1, -0.05) is 23.7 Å². The lowest BCUT2D eigenvalue weighted by Gasteiger charge is -2.36. The highest BCUT2D eigenvalue weighted by molar-refractivity contribution is 6.30. The molecule has 0 bridgehead atoms. The van der Waals surface area contributed by atoms with Crippen molar-refractivity contribution in [1.82, 2.24) is 20.2 Å². The third-order valence-electron chi connectivity index (χ3n) is 6.20. The minimum absolute atomic E-state index is 0.0460. The number of aromatic nitrogens is 2. The van der Waals surface area contributed by atoms with Crippen molar-refractivity contribution in [1.29, 1.82) is 0 Å². The van der Waals surface area contributed by atoms with Gasteiger partial charge in [0.2, 0.25) is 0 Å². The van der Waals surface area contributed by atoms with E-state index in [-0.39, 0.29) is 42.8 Å². The van der Waals surface area contributed by atoms with E-state index in [2.05, 4.69) is 15.6 Å². The molecule has 0 spiro atoms. The molecule has 214 valence electrons. The van der Waals surface area contributed by atoms with Gasteiger partial charge in [-0.15, -0.1) is 0 Å². The average molecular weight is 580 g/mol. The van der Waals surface area contributed by atoms with Crippen LogP contribution < -0.4 is 21.1 Å². The van der Waals surface area contributed by atoms with Gasteiger partial charge in [0.05, 0.1) is 0 Å². The van der Waals surface area contributed by atoms with Crippen molar-refractivity contribution in [3.05, 3.63) is 69.1 Å². The molecule has 1 fully saturated rings. The number of hydrogen-bond acceptors (Lipinski definition) is 7. The van der Waals surface area contributed by atoms with Crippen LogP contribution in [-0.4, -0.2) is 58.9 Å². The molecule has 1 unspecified atom stereocenters. The van der Waals surface area contributed by atoms with Crippen molar-refractivity contribution in [3.8, 4) is 0 Å². The number of carbonyl (C=O) groups is 2. The van der Waals surface area contributed by atoms with Crippen molar-refractivity contribution in [2.75, 3.05) is 24.5 Å². The van der Waals surface area contributed by atoms with E-state index in [0.29, 0.717) is 10.7 Å². The molecular formula is C27H29ClF3N5O4. The highest BCUT2D eigenvalue weighted by atomic mass is 35.5. The van der Waals surface area contributed by atoms with Gasteiger partial charge in [0.25, 0.3) is 11.5 Å². The van der Waals surface area contributed by atoms with E-state index in [9.17, 15) is 27.6 Å². The second-order valence-electron chi connectivity index (χ2n) is 10.4. The summed E-state index contributed by atoms with van der Waals surface area (Å²) in [6.07, 6.45) is -3.11. The Balaban J connectivity index is 1.77. The maximum Gasteiger partial charge on any atom is 0.405 e. The predicted molar refractivity (Wildman–Crippen MR) is 145 cm³/mol. The van der Waals surface area contributed by atoms with Gasteiger partial charge < -0.3 is 20.3 Å². The Morgan fingerprint density at radius 2 is 1.88 bits per heavy atom. The van der Waals surface area contributed by atoms with Gasteiger partial charge in [0.15, 0.2) is 0 Å². The number of hydrogen-bond donors (Lipinski definition) is 2. The summed E-state index contributed by atoms with van der Waals surface area (Å²) in [7, 11) is 0. The molecule has 9 nitrogen and oxygen atoms in total. The van der Waals surface area contributed by atoms with E-state index < -0.39 is 41.8 Å². The SMILES string of the molecule is CC(C)(C)OC(=O)Cn1c(=O)c(C(=O)NCc2ccc(Cl)cc2)cc2c(N3CCNC(C(F)(F)F)C3)ccnc21. The highest BCUT2D eigenvalue weighted by Crippen LogP contribution is 2.30. The van der Waals surface area contributed by atoms with Gasteiger partial charge in [-0.3, -0.25) is 19.0 Å². The molecule has 1 amide bonds. The first-order valence-electron chi connectivity index (χ1n) is 12.5. The molecule has 3 aromatic rings. The first kappa shape index (κ1) is 29.3. The molecular weight excluding hydrogens is 551 g/mol. The fourth-order valence-corrected chi connectivity index (χ4v) is 4.54. The van der Waals surface area contributed by atoms with Crippen LogP contribution in [0.25, 0.3) is 11.0 Å². The Hall–Kier alpha value is -3.64. The number of piperazine rings is 1. The molecule has 13 heteroatoms. The molecule has 1 atom stereocenters. The number of rotatable bonds is 6. The van der Waals surface area contributed by atoms with Crippen LogP contribution >= 0.6 is 11.6 Å². The van der Waals surface area contributed by atoms with Gasteiger partial charge in [-0.2, -0.15) is 13.2 Å². The van der Waals surface area contributed by atoms with E-state index >= 15 is 0 Å². The molecule has 40 heavy (non-hydrogen) atoms. The molecule has 1 aliphatic rings. The largest absolute Gasteiger partial charge is 0.459 e. The number of ether oxygens (including phenoxy) is 1.